The average molecular weight is 430 g/mol. The van der Waals surface area contributed by atoms with Crippen molar-refractivity contribution < 1.29 is 4.39 Å². The number of hydrogen-bond donors (Lipinski definition) is 1. The van der Waals surface area contributed by atoms with Crippen molar-refractivity contribution in [1.29, 1.82) is 0 Å². The van der Waals surface area contributed by atoms with Crippen LogP contribution in [0.15, 0.2) is 39.5 Å². The Hall–Kier alpha value is -1.05. The summed E-state index contributed by atoms with van der Waals surface area (Å²) < 4.78 is 15.4. The van der Waals surface area contributed by atoms with Gasteiger partial charge in [-0.2, -0.15) is 0 Å². The van der Waals surface area contributed by atoms with Crippen LogP contribution in [0.2, 0.25) is 0 Å². The summed E-state index contributed by atoms with van der Waals surface area (Å²) >= 11 is 6.60. The molecule has 2 aromatic rings. The van der Waals surface area contributed by atoms with Crippen LogP contribution in [0, 0.1) is 5.82 Å². The third-order valence-corrected chi connectivity index (χ3v) is 4.58. The number of benzene rings is 1. The van der Waals surface area contributed by atoms with E-state index >= 15 is 0 Å². The summed E-state index contributed by atoms with van der Waals surface area (Å²) in [5.41, 5.74) is 0.682. The number of nitrogens with zero attached hydrogens (tertiary/aromatic N) is 3. The molecule has 0 spiro atoms. The highest BCUT2D eigenvalue weighted by atomic mass is 79.9. The number of aromatic nitrogens is 2. The first-order valence-corrected chi connectivity index (χ1v) is 8.60. The minimum atomic E-state index is -0.187. The van der Waals surface area contributed by atoms with Crippen LogP contribution in [0.1, 0.15) is 12.0 Å². The molecule has 0 bridgehead atoms. The normalized spacial score (nSPS) is 18.0. The fourth-order valence-corrected chi connectivity index (χ4v) is 3.03. The summed E-state index contributed by atoms with van der Waals surface area (Å²) in [7, 11) is 0. The molecule has 0 unspecified atom stereocenters. The van der Waals surface area contributed by atoms with Crippen LogP contribution < -0.4 is 10.2 Å². The lowest BCUT2D eigenvalue weighted by atomic mass is 10.2. The number of nitrogens with one attached hydrogen (secondary N) is 1. The van der Waals surface area contributed by atoms with Crippen LogP contribution >= 0.6 is 31.9 Å². The second-order valence-corrected chi connectivity index (χ2v) is 7.08. The molecular formula is C15H15Br2FN4. The molecule has 7 heteroatoms. The lowest BCUT2D eigenvalue weighted by Crippen LogP contribution is -2.32. The molecule has 1 aromatic carbocycles. The maximum absolute atomic E-state index is 13.8. The Labute approximate surface area is 145 Å². The summed E-state index contributed by atoms with van der Waals surface area (Å²) in [6.07, 6.45) is 4.50. The van der Waals surface area contributed by atoms with Gasteiger partial charge in [-0.15, -0.1) is 0 Å². The Kier molecular flexibility index (Phi) is 5.05. The van der Waals surface area contributed by atoms with E-state index in [2.05, 4.69) is 52.0 Å². The molecule has 116 valence electrons. The molecule has 0 amide bonds. The number of anilines is 1. The second kappa shape index (κ2) is 7.02. The Morgan fingerprint density at radius 3 is 2.73 bits per heavy atom. The zero-order valence-corrected chi connectivity index (χ0v) is 14.9. The van der Waals surface area contributed by atoms with Crippen molar-refractivity contribution in [1.82, 2.24) is 15.3 Å². The van der Waals surface area contributed by atoms with Gasteiger partial charge in [0.05, 0.1) is 4.47 Å². The molecule has 1 saturated heterocycles. The fourth-order valence-electron chi connectivity index (χ4n) is 2.50. The molecule has 1 atom stereocenters. The lowest BCUT2D eigenvalue weighted by Gasteiger charge is -2.17. The third kappa shape index (κ3) is 3.83. The Bertz CT molecular complexity index is 650. The van der Waals surface area contributed by atoms with Crippen LogP contribution in [-0.4, -0.2) is 29.1 Å². The van der Waals surface area contributed by atoms with E-state index in [1.54, 1.807) is 18.5 Å². The highest BCUT2D eigenvalue weighted by molar-refractivity contribution is 9.10. The van der Waals surface area contributed by atoms with Gasteiger partial charge in [-0.1, -0.05) is 22.0 Å². The maximum Gasteiger partial charge on any atom is 0.225 e. The average Bonchev–Trinajstić information content (AvgIpc) is 2.96. The van der Waals surface area contributed by atoms with Gasteiger partial charge in [-0.05, 0) is 34.5 Å². The van der Waals surface area contributed by atoms with Crippen molar-refractivity contribution in [3.8, 4) is 0 Å². The monoisotopic (exact) mass is 428 g/mol. The van der Waals surface area contributed by atoms with E-state index in [1.807, 2.05) is 6.07 Å². The molecule has 0 aliphatic carbocycles. The topological polar surface area (TPSA) is 41.0 Å². The lowest BCUT2D eigenvalue weighted by molar-refractivity contribution is 0.529. The largest absolute Gasteiger partial charge is 0.339 e. The van der Waals surface area contributed by atoms with Gasteiger partial charge in [0, 0.05) is 48.1 Å². The van der Waals surface area contributed by atoms with Crippen molar-refractivity contribution in [3.05, 3.63) is 50.9 Å². The van der Waals surface area contributed by atoms with Crippen molar-refractivity contribution in [3.63, 3.8) is 0 Å². The van der Waals surface area contributed by atoms with Gasteiger partial charge in [-0.3, -0.25) is 0 Å². The Morgan fingerprint density at radius 2 is 2.00 bits per heavy atom. The van der Waals surface area contributed by atoms with Crippen molar-refractivity contribution in [2.24, 2.45) is 0 Å². The van der Waals surface area contributed by atoms with Gasteiger partial charge >= 0.3 is 0 Å². The zero-order chi connectivity index (χ0) is 15.5. The molecule has 1 aliphatic heterocycles. The third-order valence-electron chi connectivity index (χ3n) is 3.67. The van der Waals surface area contributed by atoms with Gasteiger partial charge in [-0.25, -0.2) is 14.4 Å². The number of hydrogen-bond acceptors (Lipinski definition) is 4. The summed E-state index contributed by atoms with van der Waals surface area (Å²) in [5.74, 6) is 0.551. The summed E-state index contributed by atoms with van der Waals surface area (Å²) in [5, 5.41) is 3.41. The minimum Gasteiger partial charge on any atom is -0.339 e. The molecule has 0 radical (unpaired) electrons. The molecule has 4 nitrogen and oxygen atoms in total. The minimum absolute atomic E-state index is 0.187. The van der Waals surface area contributed by atoms with Gasteiger partial charge < -0.3 is 10.2 Å². The molecule has 1 fully saturated rings. The van der Waals surface area contributed by atoms with E-state index in [1.165, 1.54) is 6.07 Å². The predicted octanol–water partition coefficient (Wildman–Crippen LogP) is 3.51. The van der Waals surface area contributed by atoms with Crippen molar-refractivity contribution >= 4 is 37.8 Å². The van der Waals surface area contributed by atoms with Crippen LogP contribution in [0.25, 0.3) is 0 Å². The highest BCUT2D eigenvalue weighted by Crippen LogP contribution is 2.19. The first-order valence-electron chi connectivity index (χ1n) is 7.01. The molecular weight excluding hydrogens is 415 g/mol. The van der Waals surface area contributed by atoms with Crippen molar-refractivity contribution in [2.45, 2.75) is 19.0 Å². The fraction of sp³-hybridized carbons (Fsp3) is 0.333. The van der Waals surface area contributed by atoms with E-state index in [-0.39, 0.29) is 5.82 Å². The van der Waals surface area contributed by atoms with Gasteiger partial charge in [0.1, 0.15) is 5.82 Å². The van der Waals surface area contributed by atoms with Crippen LogP contribution in [0.5, 0.6) is 0 Å². The molecule has 1 N–H and O–H groups in total. The van der Waals surface area contributed by atoms with E-state index in [4.69, 9.17) is 0 Å². The van der Waals surface area contributed by atoms with Gasteiger partial charge in [0.25, 0.3) is 0 Å². The van der Waals surface area contributed by atoms with Gasteiger partial charge in [0.15, 0.2) is 0 Å². The van der Waals surface area contributed by atoms with E-state index in [0.717, 1.165) is 34.4 Å². The summed E-state index contributed by atoms with van der Waals surface area (Å²) in [4.78, 5) is 10.8. The number of halogens is 3. The molecule has 1 aromatic heterocycles. The quantitative estimate of drug-likeness (QED) is 0.807. The molecule has 1 aliphatic rings. The molecule has 3 rings (SSSR count). The van der Waals surface area contributed by atoms with Crippen LogP contribution in [-0.2, 0) is 6.54 Å². The van der Waals surface area contributed by atoms with Gasteiger partial charge in [0.2, 0.25) is 5.95 Å². The SMILES string of the molecule is Fc1cc(Br)ccc1CN[C@H]1CCN(c2ncc(Br)cn2)C1. The van der Waals surface area contributed by atoms with E-state index in [9.17, 15) is 4.39 Å². The summed E-state index contributed by atoms with van der Waals surface area (Å²) in [6, 6.07) is 5.47. The van der Waals surface area contributed by atoms with Crippen LogP contribution in [0.3, 0.4) is 0 Å². The summed E-state index contributed by atoms with van der Waals surface area (Å²) in [6.45, 7) is 2.26. The van der Waals surface area contributed by atoms with Crippen molar-refractivity contribution in [2.75, 3.05) is 18.0 Å². The Morgan fingerprint density at radius 1 is 1.23 bits per heavy atom. The first kappa shape index (κ1) is 15.8. The molecule has 0 saturated carbocycles. The standard InChI is InChI=1S/C15H15Br2FN4/c16-11-2-1-10(14(18)5-11)6-19-13-3-4-22(9-13)15-20-7-12(17)8-21-15/h1-2,5,7-8,13,19H,3-4,6,9H2/t13-/m0/s1. The highest BCUT2D eigenvalue weighted by Gasteiger charge is 2.24. The van der Waals surface area contributed by atoms with E-state index < -0.39 is 0 Å². The second-order valence-electron chi connectivity index (χ2n) is 5.25. The maximum atomic E-state index is 13.8. The Balaban J connectivity index is 1.56. The smallest absolute Gasteiger partial charge is 0.225 e. The zero-order valence-electron chi connectivity index (χ0n) is 11.8. The number of rotatable bonds is 4. The first-order chi connectivity index (χ1) is 10.6. The van der Waals surface area contributed by atoms with E-state index in [0.29, 0.717) is 18.2 Å². The molecule has 22 heavy (non-hydrogen) atoms. The van der Waals surface area contributed by atoms with Crippen LogP contribution in [0.4, 0.5) is 10.3 Å². The molecule has 2 heterocycles. The predicted molar refractivity (Wildman–Crippen MR) is 91.3 cm³/mol.